The smallest absolute Gasteiger partial charge is 0.376 e. The van der Waals surface area contributed by atoms with Gasteiger partial charge in [-0.15, -0.1) is 0 Å². The number of hydrogen-bond acceptors (Lipinski definition) is 5. The first-order valence-corrected chi connectivity index (χ1v) is 12.1. The highest BCUT2D eigenvalue weighted by atomic mass is 28.4. The molecule has 0 spiro atoms. The fourth-order valence-electron chi connectivity index (χ4n) is 3.08. The minimum atomic E-state index is -1.83. The number of nitrogens with zero attached hydrogens (tertiary/aromatic N) is 1. The van der Waals surface area contributed by atoms with Crippen LogP contribution in [0.4, 0.5) is 0 Å². The molecule has 0 aromatic carbocycles. The Morgan fingerprint density at radius 3 is 2.46 bits per heavy atom. The molecule has 24 heavy (non-hydrogen) atoms. The minimum Gasteiger partial charge on any atom is -0.469 e. The summed E-state index contributed by atoms with van der Waals surface area (Å²) in [6, 6.07) is 0.233. The van der Waals surface area contributed by atoms with Crippen LogP contribution in [0.2, 0.25) is 25.0 Å². The van der Waals surface area contributed by atoms with Crippen LogP contribution in [0.3, 0.4) is 0 Å². The second kappa shape index (κ2) is 8.83. The van der Waals surface area contributed by atoms with Crippen LogP contribution in [0.15, 0.2) is 0 Å². The average Bonchev–Trinajstić information content (AvgIpc) is 2.84. The van der Waals surface area contributed by atoms with Crippen molar-refractivity contribution < 1.29 is 19.0 Å². The highest BCUT2D eigenvalue weighted by Crippen LogP contribution is 2.40. The van der Waals surface area contributed by atoms with E-state index in [-0.39, 0.29) is 23.2 Å². The summed E-state index contributed by atoms with van der Waals surface area (Å²) >= 11 is 0. The Bertz CT molecular complexity index is 412. The quantitative estimate of drug-likeness (QED) is 0.410. The predicted molar refractivity (Wildman–Crippen MR) is 102 cm³/mol. The molecule has 0 saturated carbocycles. The number of hydrogen-bond donors (Lipinski definition) is 1. The van der Waals surface area contributed by atoms with E-state index in [0.29, 0.717) is 6.42 Å². The van der Waals surface area contributed by atoms with E-state index in [4.69, 9.17) is 9.16 Å². The minimum absolute atomic E-state index is 0.150. The summed E-state index contributed by atoms with van der Waals surface area (Å²) in [6.45, 7) is 14.0. The molecular formula is C17H36BNO4Si. The van der Waals surface area contributed by atoms with Crippen molar-refractivity contribution in [3.63, 3.8) is 0 Å². The third-order valence-electron chi connectivity index (χ3n) is 5.62. The number of rotatable bonds is 8. The topological polar surface area (TPSA) is 59.0 Å². The van der Waals surface area contributed by atoms with Crippen molar-refractivity contribution in [3.05, 3.63) is 0 Å². The van der Waals surface area contributed by atoms with Crippen LogP contribution >= 0.6 is 0 Å². The van der Waals surface area contributed by atoms with E-state index in [0.717, 1.165) is 32.2 Å². The van der Waals surface area contributed by atoms with Crippen LogP contribution < -0.4 is 0 Å². The normalized spacial score (nSPS) is 22.7. The molecule has 0 radical (unpaired) electrons. The Balaban J connectivity index is 2.67. The van der Waals surface area contributed by atoms with E-state index in [1.54, 1.807) is 0 Å². The van der Waals surface area contributed by atoms with Crippen molar-refractivity contribution in [1.29, 1.82) is 0 Å². The molecule has 0 aromatic heterocycles. The van der Waals surface area contributed by atoms with Gasteiger partial charge in [0.25, 0.3) is 0 Å². The molecule has 0 aromatic rings. The van der Waals surface area contributed by atoms with E-state index in [1.165, 1.54) is 7.11 Å². The summed E-state index contributed by atoms with van der Waals surface area (Å²) in [5, 5.41) is 10.3. The van der Waals surface area contributed by atoms with Crippen molar-refractivity contribution in [2.45, 2.75) is 90.0 Å². The molecule has 1 N–H and O–H groups in total. The van der Waals surface area contributed by atoms with Gasteiger partial charge in [-0.1, -0.05) is 27.2 Å². The molecular weight excluding hydrogens is 321 g/mol. The molecule has 140 valence electrons. The lowest BCUT2D eigenvalue weighted by molar-refractivity contribution is -0.140. The monoisotopic (exact) mass is 357 g/mol. The predicted octanol–water partition coefficient (Wildman–Crippen LogP) is 3.29. The van der Waals surface area contributed by atoms with Crippen molar-refractivity contribution in [2.75, 3.05) is 13.7 Å². The van der Waals surface area contributed by atoms with Crippen molar-refractivity contribution in [2.24, 2.45) is 0 Å². The largest absolute Gasteiger partial charge is 0.469 e. The first-order valence-electron chi connectivity index (χ1n) is 9.18. The number of carbonyl (C=O) groups excluding carboxylic acids is 1. The van der Waals surface area contributed by atoms with E-state index >= 15 is 0 Å². The lowest BCUT2D eigenvalue weighted by atomic mass is 9.83. The fraction of sp³-hybridized carbons (Fsp3) is 0.941. The van der Waals surface area contributed by atoms with Gasteiger partial charge < -0.3 is 19.0 Å². The summed E-state index contributed by atoms with van der Waals surface area (Å²) in [5.41, 5.74) is 0. The third kappa shape index (κ3) is 5.86. The Kier molecular flexibility index (Phi) is 7.97. The van der Waals surface area contributed by atoms with Gasteiger partial charge in [0.15, 0.2) is 8.32 Å². The Hall–Kier alpha value is -0.368. The van der Waals surface area contributed by atoms with Gasteiger partial charge in [-0.3, -0.25) is 4.79 Å². The van der Waals surface area contributed by atoms with E-state index in [2.05, 4.69) is 38.7 Å². The van der Waals surface area contributed by atoms with Crippen LogP contribution in [0.5, 0.6) is 0 Å². The Morgan fingerprint density at radius 2 is 1.96 bits per heavy atom. The molecule has 2 atom stereocenters. The van der Waals surface area contributed by atoms with Crippen LogP contribution in [0.25, 0.3) is 0 Å². The van der Waals surface area contributed by atoms with Gasteiger partial charge in [0, 0.05) is 12.5 Å². The van der Waals surface area contributed by atoms with Gasteiger partial charge in [-0.05, 0) is 50.8 Å². The van der Waals surface area contributed by atoms with Gasteiger partial charge in [-0.2, -0.15) is 0 Å². The standard InChI is InChI=1S/C17H36BNO4Si/c1-17(2,3)24(6,7)23-15-12-13-19(18(4)21)14(15)10-8-9-11-16(20)22-5/h14-15,21H,8-13H2,1-7H3/t14-,15?/m0/s1. The van der Waals surface area contributed by atoms with Crippen molar-refractivity contribution in [3.8, 4) is 0 Å². The zero-order chi connectivity index (χ0) is 18.5. The van der Waals surface area contributed by atoms with Crippen molar-refractivity contribution in [1.82, 2.24) is 4.81 Å². The van der Waals surface area contributed by atoms with E-state index in [1.807, 2.05) is 6.82 Å². The average molecular weight is 357 g/mol. The highest BCUT2D eigenvalue weighted by Gasteiger charge is 2.44. The van der Waals surface area contributed by atoms with Gasteiger partial charge in [0.1, 0.15) is 0 Å². The summed E-state index contributed by atoms with van der Waals surface area (Å²) < 4.78 is 11.3. The summed E-state index contributed by atoms with van der Waals surface area (Å²) in [5.74, 6) is -0.150. The number of carbonyl (C=O) groups is 1. The summed E-state index contributed by atoms with van der Waals surface area (Å²) in [4.78, 5) is 13.4. The van der Waals surface area contributed by atoms with E-state index in [9.17, 15) is 9.82 Å². The SMILES string of the molecule is COC(=O)CCCC[C@H]1C(O[Si](C)(C)C(C)(C)C)CCN1B(C)O. The van der Waals surface area contributed by atoms with Gasteiger partial charge >= 0.3 is 13.0 Å². The number of esters is 1. The lowest BCUT2D eigenvalue weighted by Gasteiger charge is -2.40. The molecule has 1 rings (SSSR count). The molecule has 1 saturated heterocycles. The maximum absolute atomic E-state index is 11.3. The van der Waals surface area contributed by atoms with Gasteiger partial charge in [-0.25, -0.2) is 0 Å². The third-order valence-corrected chi connectivity index (χ3v) is 10.1. The Labute approximate surface area is 149 Å². The van der Waals surface area contributed by atoms with Crippen LogP contribution in [-0.2, 0) is 14.0 Å². The first-order chi connectivity index (χ1) is 11.0. The van der Waals surface area contributed by atoms with Gasteiger partial charge in [0.2, 0.25) is 0 Å². The molecule has 5 nitrogen and oxygen atoms in total. The molecule has 1 unspecified atom stereocenters. The molecule has 0 amide bonds. The van der Waals surface area contributed by atoms with E-state index < -0.39 is 15.4 Å². The van der Waals surface area contributed by atoms with Gasteiger partial charge in [0.05, 0.1) is 13.2 Å². The second-order valence-electron chi connectivity index (χ2n) is 8.46. The maximum Gasteiger partial charge on any atom is 0.376 e. The summed E-state index contributed by atoms with van der Waals surface area (Å²) in [7, 11) is -0.857. The first kappa shape index (κ1) is 21.7. The number of methoxy groups -OCH3 is 1. The zero-order valence-corrected chi connectivity index (χ0v) is 17.6. The molecule has 1 fully saturated rings. The molecule has 7 heteroatoms. The lowest BCUT2D eigenvalue weighted by Crippen LogP contribution is -2.49. The molecule has 1 aliphatic heterocycles. The fourth-order valence-corrected chi connectivity index (χ4v) is 4.47. The molecule has 0 bridgehead atoms. The molecule has 1 heterocycles. The summed E-state index contributed by atoms with van der Waals surface area (Å²) in [6.07, 6.45) is 4.33. The maximum atomic E-state index is 11.3. The highest BCUT2D eigenvalue weighted by molar-refractivity contribution is 6.74. The number of ether oxygens (including phenoxy) is 1. The number of unbranched alkanes of at least 4 members (excludes halogenated alkanes) is 1. The van der Waals surface area contributed by atoms with Crippen LogP contribution in [0, 0.1) is 0 Å². The van der Waals surface area contributed by atoms with Crippen molar-refractivity contribution >= 4 is 21.3 Å². The molecule has 0 aliphatic carbocycles. The Morgan fingerprint density at radius 1 is 1.33 bits per heavy atom. The zero-order valence-electron chi connectivity index (χ0n) is 16.6. The molecule has 1 aliphatic rings. The van der Waals surface area contributed by atoms with Crippen LogP contribution in [0.1, 0.15) is 52.9 Å². The van der Waals surface area contributed by atoms with Crippen LogP contribution in [-0.4, -0.2) is 57.0 Å². The second-order valence-corrected chi connectivity index (χ2v) is 13.2.